The molecule has 1 aromatic carbocycles. The maximum absolute atomic E-state index is 11.9. The zero-order valence-electron chi connectivity index (χ0n) is 10.7. The molecule has 1 aliphatic rings. The highest BCUT2D eigenvalue weighted by Gasteiger charge is 2.30. The molecular weight excluding hydrogens is 210 g/mol. The number of Topliss-reactive ketones (excluding diaryl/α,β-unsaturated/α-hetero) is 1. The van der Waals surface area contributed by atoms with Crippen LogP contribution in [-0.4, -0.2) is 30.3 Å². The number of carbonyl (C=O) groups is 1. The zero-order valence-corrected chi connectivity index (χ0v) is 10.7. The Hall–Kier alpha value is -1.15. The van der Waals surface area contributed by atoms with Gasteiger partial charge >= 0.3 is 0 Å². The summed E-state index contributed by atoms with van der Waals surface area (Å²) in [5.74, 6) is 1.13. The Balaban J connectivity index is 1.80. The molecule has 0 bridgehead atoms. The minimum absolute atomic E-state index is 0.311. The molecule has 2 rings (SSSR count). The van der Waals surface area contributed by atoms with Gasteiger partial charge in [-0.2, -0.15) is 0 Å². The van der Waals surface area contributed by atoms with E-state index in [0.717, 1.165) is 11.5 Å². The molecule has 1 atom stereocenters. The molecule has 0 saturated heterocycles. The fourth-order valence-electron chi connectivity index (χ4n) is 2.24. The van der Waals surface area contributed by atoms with Crippen LogP contribution < -0.4 is 0 Å². The summed E-state index contributed by atoms with van der Waals surface area (Å²) in [5.41, 5.74) is 1.12. The van der Waals surface area contributed by atoms with Gasteiger partial charge in [-0.3, -0.25) is 9.69 Å². The van der Waals surface area contributed by atoms with E-state index < -0.39 is 0 Å². The number of carbonyl (C=O) groups excluding carboxylic acids is 1. The zero-order chi connectivity index (χ0) is 12.3. The Morgan fingerprint density at radius 3 is 2.59 bits per heavy atom. The van der Waals surface area contributed by atoms with E-state index in [4.69, 9.17) is 0 Å². The Morgan fingerprint density at radius 2 is 2.00 bits per heavy atom. The number of hydrogen-bond donors (Lipinski definition) is 0. The van der Waals surface area contributed by atoms with Crippen molar-refractivity contribution in [3.63, 3.8) is 0 Å². The van der Waals surface area contributed by atoms with E-state index in [-0.39, 0.29) is 0 Å². The van der Waals surface area contributed by atoms with Crippen molar-refractivity contribution in [1.29, 1.82) is 0 Å². The normalized spacial score (nSPS) is 17.1. The Bertz CT molecular complexity index is 370. The fourth-order valence-corrected chi connectivity index (χ4v) is 2.24. The second kappa shape index (κ2) is 5.46. The third-order valence-corrected chi connectivity index (χ3v) is 3.67. The Morgan fingerprint density at radius 1 is 1.35 bits per heavy atom. The highest BCUT2D eigenvalue weighted by atomic mass is 16.1. The molecule has 1 fully saturated rings. The van der Waals surface area contributed by atoms with Gasteiger partial charge in [-0.25, -0.2) is 0 Å². The summed E-state index contributed by atoms with van der Waals surface area (Å²) in [6, 6.07) is 10.5. The number of ketones is 1. The number of nitrogens with zero attached hydrogens (tertiary/aromatic N) is 1. The first-order valence-corrected chi connectivity index (χ1v) is 6.42. The van der Waals surface area contributed by atoms with Crippen LogP contribution in [0.1, 0.15) is 25.3 Å². The topological polar surface area (TPSA) is 20.3 Å². The van der Waals surface area contributed by atoms with Gasteiger partial charge < -0.3 is 0 Å². The van der Waals surface area contributed by atoms with Crippen molar-refractivity contribution in [2.75, 3.05) is 13.6 Å². The van der Waals surface area contributed by atoms with E-state index in [9.17, 15) is 4.79 Å². The van der Waals surface area contributed by atoms with Gasteiger partial charge in [0.05, 0.1) is 6.54 Å². The van der Waals surface area contributed by atoms with Crippen LogP contribution in [0.15, 0.2) is 30.3 Å². The smallest absolute Gasteiger partial charge is 0.151 e. The largest absolute Gasteiger partial charge is 0.298 e. The highest BCUT2D eigenvalue weighted by molar-refractivity contribution is 5.82. The van der Waals surface area contributed by atoms with Crippen LogP contribution in [0.2, 0.25) is 0 Å². The number of rotatable bonds is 6. The van der Waals surface area contributed by atoms with Crippen molar-refractivity contribution in [3.8, 4) is 0 Å². The molecule has 1 aromatic rings. The van der Waals surface area contributed by atoms with Gasteiger partial charge in [-0.05, 0) is 38.3 Å². The van der Waals surface area contributed by atoms with Gasteiger partial charge in [0, 0.05) is 12.5 Å². The first-order valence-electron chi connectivity index (χ1n) is 6.42. The van der Waals surface area contributed by atoms with Crippen molar-refractivity contribution in [1.82, 2.24) is 4.90 Å². The molecule has 0 radical (unpaired) electrons. The number of hydrogen-bond acceptors (Lipinski definition) is 2. The minimum Gasteiger partial charge on any atom is -0.298 e. The minimum atomic E-state index is 0.311. The lowest BCUT2D eigenvalue weighted by Gasteiger charge is -2.23. The van der Waals surface area contributed by atoms with Gasteiger partial charge in [-0.15, -0.1) is 0 Å². The molecule has 17 heavy (non-hydrogen) atoms. The first kappa shape index (κ1) is 12.3. The summed E-state index contributed by atoms with van der Waals surface area (Å²) in [4.78, 5) is 14.1. The number of benzene rings is 1. The molecular formula is C15H21NO. The standard InChI is InChI=1S/C15H21NO/c1-12(14-8-9-14)16(2)11-15(17)10-13-6-4-3-5-7-13/h3-7,12,14H,8-11H2,1-2H3. The van der Waals surface area contributed by atoms with Crippen LogP contribution in [0.3, 0.4) is 0 Å². The van der Waals surface area contributed by atoms with Gasteiger partial charge in [0.25, 0.3) is 0 Å². The molecule has 1 unspecified atom stereocenters. The van der Waals surface area contributed by atoms with Crippen LogP contribution in [0.4, 0.5) is 0 Å². The van der Waals surface area contributed by atoms with Crippen molar-refractivity contribution >= 4 is 5.78 Å². The molecule has 0 amide bonds. The van der Waals surface area contributed by atoms with Crippen LogP contribution in [0.5, 0.6) is 0 Å². The molecule has 2 heteroatoms. The molecule has 1 aliphatic carbocycles. The van der Waals surface area contributed by atoms with E-state index in [1.165, 1.54) is 12.8 Å². The summed E-state index contributed by atoms with van der Waals surface area (Å²) >= 11 is 0. The summed E-state index contributed by atoms with van der Waals surface area (Å²) in [6.45, 7) is 2.81. The van der Waals surface area contributed by atoms with Crippen LogP contribution in [0.25, 0.3) is 0 Å². The van der Waals surface area contributed by atoms with Gasteiger partial charge in [0.2, 0.25) is 0 Å². The fraction of sp³-hybridized carbons (Fsp3) is 0.533. The maximum atomic E-state index is 11.9. The highest BCUT2D eigenvalue weighted by Crippen LogP contribution is 2.34. The first-order chi connectivity index (χ1) is 8.16. The quantitative estimate of drug-likeness (QED) is 0.750. The van der Waals surface area contributed by atoms with E-state index in [1.54, 1.807) is 0 Å². The molecule has 0 spiro atoms. The lowest BCUT2D eigenvalue weighted by Crippen LogP contribution is -2.35. The average Bonchev–Trinajstić information content (AvgIpc) is 3.13. The van der Waals surface area contributed by atoms with Crippen LogP contribution >= 0.6 is 0 Å². The van der Waals surface area contributed by atoms with Crippen molar-refractivity contribution in [2.45, 2.75) is 32.2 Å². The van der Waals surface area contributed by atoms with Crippen molar-refractivity contribution in [3.05, 3.63) is 35.9 Å². The molecule has 0 heterocycles. The third-order valence-electron chi connectivity index (χ3n) is 3.67. The predicted molar refractivity (Wildman–Crippen MR) is 70.0 cm³/mol. The maximum Gasteiger partial charge on any atom is 0.151 e. The van der Waals surface area contributed by atoms with E-state index in [2.05, 4.69) is 18.9 Å². The van der Waals surface area contributed by atoms with E-state index in [0.29, 0.717) is 24.8 Å². The number of likely N-dealkylation sites (N-methyl/N-ethyl adjacent to an activating group) is 1. The molecule has 2 nitrogen and oxygen atoms in total. The summed E-state index contributed by atoms with van der Waals surface area (Å²) in [7, 11) is 2.06. The predicted octanol–water partition coefficient (Wildman–Crippen LogP) is 2.53. The van der Waals surface area contributed by atoms with E-state index in [1.807, 2.05) is 30.3 Å². The average molecular weight is 231 g/mol. The third kappa shape index (κ3) is 3.67. The van der Waals surface area contributed by atoms with E-state index >= 15 is 0 Å². The molecule has 1 saturated carbocycles. The van der Waals surface area contributed by atoms with Gasteiger partial charge in [0.15, 0.2) is 5.78 Å². The summed E-state index contributed by atoms with van der Waals surface area (Å²) < 4.78 is 0. The molecule has 0 N–H and O–H groups in total. The molecule has 92 valence electrons. The lowest BCUT2D eigenvalue weighted by atomic mass is 10.1. The lowest BCUT2D eigenvalue weighted by molar-refractivity contribution is -0.119. The molecule has 0 aliphatic heterocycles. The second-order valence-corrected chi connectivity index (χ2v) is 5.19. The second-order valence-electron chi connectivity index (χ2n) is 5.19. The van der Waals surface area contributed by atoms with Gasteiger partial charge in [-0.1, -0.05) is 30.3 Å². The van der Waals surface area contributed by atoms with Gasteiger partial charge in [0.1, 0.15) is 0 Å². The summed E-state index contributed by atoms with van der Waals surface area (Å²) in [5, 5.41) is 0. The monoisotopic (exact) mass is 231 g/mol. The van der Waals surface area contributed by atoms with Crippen molar-refractivity contribution < 1.29 is 4.79 Å². The Kier molecular flexibility index (Phi) is 3.95. The van der Waals surface area contributed by atoms with Crippen LogP contribution in [-0.2, 0) is 11.2 Å². The molecule has 0 aromatic heterocycles. The van der Waals surface area contributed by atoms with Crippen molar-refractivity contribution in [2.24, 2.45) is 5.92 Å². The van der Waals surface area contributed by atoms with Crippen LogP contribution in [0, 0.1) is 5.92 Å². The SMILES string of the molecule is CC(C1CC1)N(C)CC(=O)Cc1ccccc1. The summed E-state index contributed by atoms with van der Waals surface area (Å²) in [6.07, 6.45) is 3.22. The Labute approximate surface area is 104 Å².